The number of aryl methyl sites for hydroxylation is 1. The molecule has 0 aliphatic carbocycles. The van der Waals surface area contributed by atoms with Gasteiger partial charge in [0.05, 0.1) is 17.5 Å². The Balaban J connectivity index is 1.62. The Kier molecular flexibility index (Phi) is 4.81. The first-order valence-electron chi connectivity index (χ1n) is 9.04. The van der Waals surface area contributed by atoms with Crippen LogP contribution in [0.4, 0.5) is 11.5 Å². The van der Waals surface area contributed by atoms with Crippen molar-refractivity contribution in [2.75, 3.05) is 10.5 Å². The van der Waals surface area contributed by atoms with Gasteiger partial charge in [-0.15, -0.1) is 0 Å². The third kappa shape index (κ3) is 3.54. The number of nitrogens with zero attached hydrogens (tertiary/aromatic N) is 4. The highest BCUT2D eigenvalue weighted by atomic mass is 32.2. The molecule has 10 heteroatoms. The van der Waals surface area contributed by atoms with Gasteiger partial charge in [-0.25, -0.2) is 18.4 Å². The van der Waals surface area contributed by atoms with Crippen molar-refractivity contribution in [1.29, 1.82) is 5.26 Å². The first kappa shape index (κ1) is 19.4. The molecule has 4 N–H and O–H groups in total. The zero-order valence-electron chi connectivity index (χ0n) is 15.9. The number of hydrogen-bond acceptors (Lipinski definition) is 7. The lowest BCUT2D eigenvalue weighted by atomic mass is 10.1. The van der Waals surface area contributed by atoms with Gasteiger partial charge in [-0.2, -0.15) is 10.4 Å². The van der Waals surface area contributed by atoms with Crippen LogP contribution in [-0.2, 0) is 16.4 Å². The molecule has 0 amide bonds. The number of anilines is 2. The topological polar surface area (TPSA) is 150 Å². The van der Waals surface area contributed by atoms with Gasteiger partial charge in [-0.05, 0) is 36.2 Å². The van der Waals surface area contributed by atoms with E-state index in [1.807, 2.05) is 13.0 Å². The molecule has 0 saturated heterocycles. The van der Waals surface area contributed by atoms with Gasteiger partial charge < -0.3 is 5.73 Å². The molecule has 4 rings (SSSR count). The van der Waals surface area contributed by atoms with Crippen molar-refractivity contribution in [3.8, 4) is 17.3 Å². The average Bonchev–Trinajstić information content (AvgIpc) is 3.13. The number of H-pyrrole nitrogens is 1. The van der Waals surface area contributed by atoms with Crippen LogP contribution >= 0.6 is 0 Å². The molecule has 0 atom stereocenters. The third-order valence-electron chi connectivity index (χ3n) is 4.59. The highest BCUT2D eigenvalue weighted by molar-refractivity contribution is 7.92. The molecule has 2 aromatic carbocycles. The molecule has 0 unspecified atom stereocenters. The Hall–Kier alpha value is -3.97. The summed E-state index contributed by atoms with van der Waals surface area (Å²) in [6.07, 6.45) is 2.23. The average molecular weight is 419 g/mol. The van der Waals surface area contributed by atoms with Crippen molar-refractivity contribution in [2.45, 2.75) is 18.2 Å². The molecule has 2 heterocycles. The number of nitrogen functional groups attached to an aromatic ring is 1. The molecule has 0 aliphatic heterocycles. The van der Waals surface area contributed by atoms with Crippen LogP contribution in [0.2, 0.25) is 0 Å². The minimum atomic E-state index is -3.92. The van der Waals surface area contributed by atoms with E-state index in [9.17, 15) is 13.7 Å². The fraction of sp³-hybridized carbons (Fsp3) is 0.100. The number of benzene rings is 2. The van der Waals surface area contributed by atoms with Gasteiger partial charge in [0.1, 0.15) is 16.8 Å². The van der Waals surface area contributed by atoms with E-state index in [-0.39, 0.29) is 10.5 Å². The molecule has 0 radical (unpaired) electrons. The van der Waals surface area contributed by atoms with Crippen molar-refractivity contribution >= 4 is 32.7 Å². The molecule has 0 saturated carbocycles. The van der Waals surface area contributed by atoms with Gasteiger partial charge >= 0.3 is 0 Å². The zero-order chi connectivity index (χ0) is 21.3. The van der Waals surface area contributed by atoms with Crippen molar-refractivity contribution in [3.05, 3.63) is 59.8 Å². The summed E-state index contributed by atoms with van der Waals surface area (Å²) in [6.45, 7) is 1.92. The number of aromatic amines is 1. The lowest BCUT2D eigenvalue weighted by Gasteiger charge is -2.11. The van der Waals surface area contributed by atoms with Crippen molar-refractivity contribution in [2.24, 2.45) is 0 Å². The number of rotatable bonds is 5. The number of hydrogen-bond donors (Lipinski definition) is 3. The number of aromatic nitrogens is 4. The first-order chi connectivity index (χ1) is 14.4. The standard InChI is InChI=1S/C20H17N7O2S/c1-2-12-3-4-14(10-21)17(9-12)30(28,29)27-15-7-5-13(6-8-15)16-11-23-18-19(22)25-26-20(18)24-16/h3-9,11,27H,2H2,1H3,(H3,22,24,25,26). The van der Waals surface area contributed by atoms with Crippen LogP contribution in [0.5, 0.6) is 0 Å². The monoisotopic (exact) mass is 419 g/mol. The predicted molar refractivity (Wildman–Crippen MR) is 113 cm³/mol. The summed E-state index contributed by atoms with van der Waals surface area (Å²) in [5, 5.41) is 15.9. The fourth-order valence-corrected chi connectivity index (χ4v) is 4.24. The summed E-state index contributed by atoms with van der Waals surface area (Å²) in [6, 6.07) is 13.4. The highest BCUT2D eigenvalue weighted by Crippen LogP contribution is 2.25. The van der Waals surface area contributed by atoms with Crippen molar-refractivity contribution in [3.63, 3.8) is 0 Å². The van der Waals surface area contributed by atoms with Gasteiger partial charge in [0.2, 0.25) is 5.65 Å². The molecular formula is C20H17N7O2S. The Morgan fingerprint density at radius 1 is 1.20 bits per heavy atom. The third-order valence-corrected chi connectivity index (χ3v) is 6.01. The number of nitrogens with one attached hydrogen (secondary N) is 2. The number of nitriles is 1. The van der Waals surface area contributed by atoms with Crippen LogP contribution in [0.3, 0.4) is 0 Å². The van der Waals surface area contributed by atoms with Crippen LogP contribution in [0.25, 0.3) is 22.4 Å². The zero-order valence-corrected chi connectivity index (χ0v) is 16.7. The fourth-order valence-electron chi connectivity index (χ4n) is 2.97. The minimum Gasteiger partial charge on any atom is -0.382 e. The minimum absolute atomic E-state index is 0.0409. The van der Waals surface area contributed by atoms with E-state index >= 15 is 0 Å². The molecule has 150 valence electrons. The summed E-state index contributed by atoms with van der Waals surface area (Å²) in [7, 11) is -3.92. The SMILES string of the molecule is CCc1ccc(C#N)c(S(=O)(=O)Nc2ccc(-c3cnc4c(N)[nH]nc4n3)cc2)c1. The van der Waals surface area contributed by atoms with Crippen LogP contribution in [0.1, 0.15) is 18.1 Å². The molecule has 0 aliphatic rings. The van der Waals surface area contributed by atoms with E-state index in [4.69, 9.17) is 5.73 Å². The van der Waals surface area contributed by atoms with Crippen LogP contribution in [0.15, 0.2) is 53.6 Å². The van der Waals surface area contributed by atoms with E-state index in [0.717, 1.165) is 11.1 Å². The maximum Gasteiger partial charge on any atom is 0.263 e. The lowest BCUT2D eigenvalue weighted by molar-refractivity contribution is 0.601. The second kappa shape index (κ2) is 7.46. The Labute approximate surface area is 172 Å². The van der Waals surface area contributed by atoms with Crippen LogP contribution in [0, 0.1) is 11.3 Å². The summed E-state index contributed by atoms with van der Waals surface area (Å²) in [4.78, 5) is 8.61. The molecule has 2 aromatic heterocycles. The Morgan fingerprint density at radius 2 is 1.97 bits per heavy atom. The smallest absolute Gasteiger partial charge is 0.263 e. The predicted octanol–water partition coefficient (Wildman–Crippen LogP) is 2.84. The number of sulfonamides is 1. The van der Waals surface area contributed by atoms with E-state index in [1.165, 1.54) is 12.1 Å². The number of nitrogens with two attached hydrogens (primary N) is 1. The Morgan fingerprint density at radius 3 is 2.67 bits per heavy atom. The molecule has 30 heavy (non-hydrogen) atoms. The molecule has 0 bridgehead atoms. The molecule has 4 aromatic rings. The number of fused-ring (bicyclic) bond motifs is 1. The second-order valence-corrected chi connectivity index (χ2v) is 8.19. The maximum absolute atomic E-state index is 12.8. The molecular weight excluding hydrogens is 402 g/mol. The summed E-state index contributed by atoms with van der Waals surface area (Å²) < 4.78 is 28.2. The molecule has 0 spiro atoms. The van der Waals surface area contributed by atoms with E-state index in [2.05, 4.69) is 24.9 Å². The van der Waals surface area contributed by atoms with Gasteiger partial charge in [0.15, 0.2) is 5.52 Å². The van der Waals surface area contributed by atoms with Gasteiger partial charge in [0.25, 0.3) is 10.0 Å². The molecule has 9 nitrogen and oxygen atoms in total. The van der Waals surface area contributed by atoms with Crippen molar-refractivity contribution in [1.82, 2.24) is 20.2 Å². The Bertz CT molecular complexity index is 1390. The highest BCUT2D eigenvalue weighted by Gasteiger charge is 2.19. The van der Waals surface area contributed by atoms with Crippen molar-refractivity contribution < 1.29 is 8.42 Å². The summed E-state index contributed by atoms with van der Waals surface area (Å²) in [5.74, 6) is 0.345. The first-order valence-corrected chi connectivity index (χ1v) is 10.5. The normalized spacial score (nSPS) is 11.3. The van der Waals surface area contributed by atoms with E-state index in [0.29, 0.717) is 34.8 Å². The van der Waals surface area contributed by atoms with Gasteiger partial charge in [0, 0.05) is 11.3 Å². The second-order valence-electron chi connectivity index (χ2n) is 6.54. The summed E-state index contributed by atoms with van der Waals surface area (Å²) in [5.41, 5.74) is 9.21. The summed E-state index contributed by atoms with van der Waals surface area (Å²) >= 11 is 0. The van der Waals surface area contributed by atoms with E-state index in [1.54, 1.807) is 36.5 Å². The quantitative estimate of drug-likeness (QED) is 0.450. The van der Waals surface area contributed by atoms with Gasteiger partial charge in [-0.1, -0.05) is 25.1 Å². The van der Waals surface area contributed by atoms with E-state index < -0.39 is 10.0 Å². The molecule has 0 fully saturated rings. The van der Waals surface area contributed by atoms with Crippen LogP contribution < -0.4 is 10.5 Å². The lowest BCUT2D eigenvalue weighted by Crippen LogP contribution is -2.14. The van der Waals surface area contributed by atoms with Crippen LogP contribution in [-0.4, -0.2) is 28.6 Å². The largest absolute Gasteiger partial charge is 0.382 e. The maximum atomic E-state index is 12.8. The van der Waals surface area contributed by atoms with Gasteiger partial charge in [-0.3, -0.25) is 9.82 Å².